The second-order valence-electron chi connectivity index (χ2n) is 4.58. The molecule has 20 heavy (non-hydrogen) atoms. The molecular weight excluding hydrogens is 258 g/mol. The van der Waals surface area contributed by atoms with Gasteiger partial charge in [0.15, 0.2) is 0 Å². The third-order valence-corrected chi connectivity index (χ3v) is 3.38. The fraction of sp³-hybridized carbons (Fsp3) is 0.333. The van der Waals surface area contributed by atoms with Gasteiger partial charge in [-0.15, -0.1) is 0 Å². The maximum absolute atomic E-state index is 12.1. The zero-order valence-corrected chi connectivity index (χ0v) is 11.8. The molecule has 2 amide bonds. The van der Waals surface area contributed by atoms with E-state index in [1.807, 2.05) is 6.92 Å². The monoisotopic (exact) mass is 275 g/mol. The van der Waals surface area contributed by atoms with E-state index in [9.17, 15) is 14.7 Å². The van der Waals surface area contributed by atoms with Crippen molar-refractivity contribution in [2.75, 3.05) is 11.5 Å². The lowest BCUT2D eigenvalue weighted by Crippen LogP contribution is -2.31. The molecule has 2 rings (SSSR count). The number of aliphatic hydroxyl groups excluding tert-OH is 1. The molecule has 1 aromatic carbocycles. The van der Waals surface area contributed by atoms with E-state index < -0.39 is 0 Å². The predicted molar refractivity (Wildman–Crippen MR) is 74.4 cm³/mol. The molecule has 5 heteroatoms. The lowest BCUT2D eigenvalue weighted by Gasteiger charge is -2.17. The Morgan fingerprint density at radius 1 is 1.15 bits per heavy atom. The first kappa shape index (κ1) is 14.3. The maximum Gasteiger partial charge on any atom is 0.261 e. The maximum atomic E-state index is 12.1. The van der Waals surface area contributed by atoms with Crippen LogP contribution in [0.1, 0.15) is 26.3 Å². The highest BCUT2D eigenvalue weighted by Gasteiger charge is 2.34. The third kappa shape index (κ3) is 2.20. The number of amides is 2. The van der Waals surface area contributed by atoms with Crippen LogP contribution in [0.15, 0.2) is 29.3 Å². The van der Waals surface area contributed by atoms with Gasteiger partial charge < -0.3 is 9.84 Å². The van der Waals surface area contributed by atoms with E-state index in [-0.39, 0.29) is 18.4 Å². The lowest BCUT2D eigenvalue weighted by atomic mass is 10.1. The Labute approximate surface area is 117 Å². The summed E-state index contributed by atoms with van der Waals surface area (Å²) in [6, 6.07) is 4.91. The molecule has 0 unspecified atom stereocenters. The van der Waals surface area contributed by atoms with E-state index >= 15 is 0 Å². The van der Waals surface area contributed by atoms with Crippen molar-refractivity contribution in [1.82, 2.24) is 0 Å². The first-order valence-electron chi connectivity index (χ1n) is 6.44. The van der Waals surface area contributed by atoms with Crippen LogP contribution in [0.4, 0.5) is 5.69 Å². The van der Waals surface area contributed by atoms with Crippen LogP contribution in [0.2, 0.25) is 0 Å². The number of anilines is 1. The number of benzene rings is 1. The standard InChI is InChI=1S/C15H17NO4/c1-4-20-13-6-5-12(7-11(13)8-17)16-14(18)9(2)10(3)15(16)19/h5-7,17H,4,8H2,1-3H3. The molecule has 0 saturated carbocycles. The molecule has 1 aliphatic heterocycles. The zero-order valence-electron chi connectivity index (χ0n) is 11.8. The molecule has 1 heterocycles. The predicted octanol–water partition coefficient (Wildman–Crippen LogP) is 1.79. The van der Waals surface area contributed by atoms with Crippen LogP contribution in [0.25, 0.3) is 0 Å². The van der Waals surface area contributed by atoms with Gasteiger partial charge in [0.2, 0.25) is 0 Å². The molecule has 0 saturated heterocycles. The molecule has 0 atom stereocenters. The van der Waals surface area contributed by atoms with Gasteiger partial charge >= 0.3 is 0 Å². The van der Waals surface area contributed by atoms with Crippen molar-refractivity contribution in [3.8, 4) is 5.75 Å². The number of ether oxygens (including phenoxy) is 1. The van der Waals surface area contributed by atoms with Gasteiger partial charge in [0.05, 0.1) is 18.9 Å². The van der Waals surface area contributed by atoms with Crippen LogP contribution in [-0.2, 0) is 16.2 Å². The number of carbonyl (C=O) groups is 2. The number of rotatable bonds is 4. The van der Waals surface area contributed by atoms with E-state index in [2.05, 4.69) is 0 Å². The minimum absolute atomic E-state index is 0.217. The summed E-state index contributed by atoms with van der Waals surface area (Å²) in [6.45, 7) is 5.38. The van der Waals surface area contributed by atoms with Crippen LogP contribution < -0.4 is 9.64 Å². The van der Waals surface area contributed by atoms with Gasteiger partial charge in [-0.1, -0.05) is 0 Å². The molecule has 0 spiro atoms. The summed E-state index contributed by atoms with van der Waals surface area (Å²) < 4.78 is 5.38. The van der Waals surface area contributed by atoms with E-state index in [1.54, 1.807) is 32.0 Å². The summed E-state index contributed by atoms with van der Waals surface area (Å²) >= 11 is 0. The summed E-state index contributed by atoms with van der Waals surface area (Å²) in [4.78, 5) is 25.3. The topological polar surface area (TPSA) is 66.8 Å². The lowest BCUT2D eigenvalue weighted by molar-refractivity contribution is -0.120. The third-order valence-electron chi connectivity index (χ3n) is 3.38. The molecule has 0 aromatic heterocycles. The second kappa shape index (κ2) is 5.46. The summed E-state index contributed by atoms with van der Waals surface area (Å²) in [5.41, 5.74) is 1.90. The van der Waals surface area contributed by atoms with Gasteiger partial charge in [-0.05, 0) is 39.0 Å². The molecule has 106 valence electrons. The van der Waals surface area contributed by atoms with Gasteiger partial charge in [0.1, 0.15) is 5.75 Å². The van der Waals surface area contributed by atoms with Gasteiger partial charge in [-0.25, -0.2) is 4.90 Å². The SMILES string of the molecule is CCOc1ccc(N2C(=O)C(C)=C(C)C2=O)cc1CO. The van der Waals surface area contributed by atoms with E-state index in [1.165, 1.54) is 0 Å². The molecule has 0 bridgehead atoms. The molecule has 0 fully saturated rings. The molecule has 0 aliphatic carbocycles. The molecule has 1 N–H and O–H groups in total. The fourth-order valence-electron chi connectivity index (χ4n) is 2.11. The van der Waals surface area contributed by atoms with Crippen molar-refractivity contribution < 1.29 is 19.4 Å². The van der Waals surface area contributed by atoms with Crippen LogP contribution in [0, 0.1) is 0 Å². The van der Waals surface area contributed by atoms with Gasteiger partial charge in [0, 0.05) is 16.7 Å². The molecule has 0 radical (unpaired) electrons. The van der Waals surface area contributed by atoms with Gasteiger partial charge in [-0.2, -0.15) is 0 Å². The summed E-state index contributed by atoms with van der Waals surface area (Å²) in [7, 11) is 0. The highest BCUT2D eigenvalue weighted by Crippen LogP contribution is 2.30. The van der Waals surface area contributed by atoms with Crippen LogP contribution >= 0.6 is 0 Å². The summed E-state index contributed by atoms with van der Waals surface area (Å²) in [5, 5.41) is 9.37. The molecular formula is C15H17NO4. The normalized spacial score (nSPS) is 15.3. The van der Waals surface area contributed by atoms with Crippen molar-refractivity contribution in [2.24, 2.45) is 0 Å². The van der Waals surface area contributed by atoms with E-state index in [4.69, 9.17) is 4.74 Å². The van der Waals surface area contributed by atoms with Crippen LogP contribution in [0.5, 0.6) is 5.75 Å². The van der Waals surface area contributed by atoms with E-state index in [0.717, 1.165) is 4.90 Å². The minimum Gasteiger partial charge on any atom is -0.494 e. The zero-order chi connectivity index (χ0) is 14.9. The smallest absolute Gasteiger partial charge is 0.261 e. The number of carbonyl (C=O) groups excluding carboxylic acids is 2. The first-order valence-corrected chi connectivity index (χ1v) is 6.44. The van der Waals surface area contributed by atoms with Gasteiger partial charge in [-0.3, -0.25) is 9.59 Å². The Kier molecular flexibility index (Phi) is 3.90. The Balaban J connectivity index is 2.40. The average molecular weight is 275 g/mol. The number of nitrogens with zero attached hydrogens (tertiary/aromatic N) is 1. The Hall–Kier alpha value is -2.14. The van der Waals surface area contributed by atoms with Crippen LogP contribution in [-0.4, -0.2) is 23.5 Å². The quantitative estimate of drug-likeness (QED) is 0.851. The number of hydrogen-bond acceptors (Lipinski definition) is 4. The van der Waals surface area contributed by atoms with Crippen molar-refractivity contribution in [3.05, 3.63) is 34.9 Å². The first-order chi connectivity index (χ1) is 9.51. The van der Waals surface area contributed by atoms with E-state index in [0.29, 0.717) is 34.8 Å². The average Bonchev–Trinajstić information content (AvgIpc) is 2.64. The molecule has 1 aliphatic rings. The fourth-order valence-corrected chi connectivity index (χ4v) is 2.11. The largest absolute Gasteiger partial charge is 0.494 e. The Bertz CT molecular complexity index is 580. The van der Waals surface area contributed by atoms with Crippen molar-refractivity contribution in [3.63, 3.8) is 0 Å². The van der Waals surface area contributed by atoms with Crippen molar-refractivity contribution in [1.29, 1.82) is 0 Å². The summed E-state index contributed by atoms with van der Waals surface area (Å²) in [5.74, 6) is -0.0830. The highest BCUT2D eigenvalue weighted by atomic mass is 16.5. The minimum atomic E-state index is -0.319. The summed E-state index contributed by atoms with van der Waals surface area (Å²) in [6.07, 6.45) is 0. The van der Waals surface area contributed by atoms with Crippen molar-refractivity contribution in [2.45, 2.75) is 27.4 Å². The Morgan fingerprint density at radius 2 is 1.75 bits per heavy atom. The Morgan fingerprint density at radius 3 is 2.25 bits per heavy atom. The van der Waals surface area contributed by atoms with Crippen molar-refractivity contribution >= 4 is 17.5 Å². The second-order valence-corrected chi connectivity index (χ2v) is 4.58. The number of hydrogen-bond donors (Lipinski definition) is 1. The number of imide groups is 1. The number of aliphatic hydroxyl groups is 1. The molecule has 1 aromatic rings. The molecule has 5 nitrogen and oxygen atoms in total. The van der Waals surface area contributed by atoms with Gasteiger partial charge in [0.25, 0.3) is 11.8 Å². The highest BCUT2D eigenvalue weighted by molar-refractivity contribution is 6.32. The van der Waals surface area contributed by atoms with Crippen LogP contribution in [0.3, 0.4) is 0 Å².